The highest BCUT2D eigenvalue weighted by Gasteiger charge is 2.20. The molecule has 0 aliphatic heterocycles. The molecule has 0 aliphatic rings. The van der Waals surface area contributed by atoms with Crippen LogP contribution in [0.4, 0.5) is 5.69 Å². The van der Waals surface area contributed by atoms with Gasteiger partial charge in [0, 0.05) is 18.0 Å². The van der Waals surface area contributed by atoms with E-state index in [-0.39, 0.29) is 6.54 Å². The Morgan fingerprint density at radius 1 is 1.33 bits per heavy atom. The number of carbonyl (C=O) groups is 1. The van der Waals surface area contributed by atoms with Crippen LogP contribution in [0.2, 0.25) is 0 Å². The van der Waals surface area contributed by atoms with E-state index in [1.54, 1.807) is 42.7 Å². The van der Waals surface area contributed by atoms with Gasteiger partial charge in [-0.2, -0.15) is 5.10 Å². The fourth-order valence-corrected chi connectivity index (χ4v) is 2.83. The Balaban J connectivity index is 2.07. The van der Waals surface area contributed by atoms with Gasteiger partial charge in [0.15, 0.2) is 0 Å². The molecular formula is C16H18N4O3S. The average molecular weight is 346 g/mol. The van der Waals surface area contributed by atoms with E-state index in [4.69, 9.17) is 0 Å². The molecule has 1 aromatic heterocycles. The smallest absolute Gasteiger partial charge is 0.260 e. The van der Waals surface area contributed by atoms with Crippen molar-refractivity contribution >= 4 is 27.8 Å². The number of aromatic nitrogens is 1. The van der Waals surface area contributed by atoms with E-state index in [1.807, 2.05) is 13.0 Å². The normalized spacial score (nSPS) is 11.4. The van der Waals surface area contributed by atoms with Crippen LogP contribution in [0.25, 0.3) is 0 Å². The van der Waals surface area contributed by atoms with Crippen LogP contribution in [0.3, 0.4) is 0 Å². The molecule has 2 aromatic rings. The lowest BCUT2D eigenvalue weighted by Crippen LogP contribution is -2.39. The third-order valence-electron chi connectivity index (χ3n) is 3.06. The maximum atomic E-state index is 12.0. The molecule has 24 heavy (non-hydrogen) atoms. The van der Waals surface area contributed by atoms with E-state index >= 15 is 0 Å². The van der Waals surface area contributed by atoms with Gasteiger partial charge in [-0.05, 0) is 30.7 Å². The lowest BCUT2D eigenvalue weighted by molar-refractivity contribution is -0.119. The van der Waals surface area contributed by atoms with E-state index in [9.17, 15) is 13.2 Å². The number of aryl methyl sites for hydroxylation is 1. The highest BCUT2D eigenvalue weighted by atomic mass is 32.2. The number of amides is 1. The topological polar surface area (TPSA) is 91.7 Å². The molecule has 126 valence electrons. The van der Waals surface area contributed by atoms with Crippen LogP contribution in [-0.4, -0.2) is 38.3 Å². The average Bonchev–Trinajstić information content (AvgIpc) is 2.52. The number of hydrogen-bond donors (Lipinski definition) is 1. The molecule has 0 unspecified atom stereocenters. The van der Waals surface area contributed by atoms with Gasteiger partial charge in [0.25, 0.3) is 5.91 Å². The summed E-state index contributed by atoms with van der Waals surface area (Å²) in [5, 5.41) is 3.80. The van der Waals surface area contributed by atoms with Gasteiger partial charge >= 0.3 is 0 Å². The molecule has 1 heterocycles. The first-order chi connectivity index (χ1) is 11.4. The first-order valence-electron chi connectivity index (χ1n) is 7.12. The molecule has 0 atom stereocenters. The van der Waals surface area contributed by atoms with Crippen molar-refractivity contribution in [2.24, 2.45) is 5.10 Å². The monoisotopic (exact) mass is 346 g/mol. The van der Waals surface area contributed by atoms with Crippen molar-refractivity contribution in [2.75, 3.05) is 17.1 Å². The number of rotatable bonds is 6. The van der Waals surface area contributed by atoms with E-state index < -0.39 is 15.9 Å². The largest absolute Gasteiger partial charge is 0.271 e. The summed E-state index contributed by atoms with van der Waals surface area (Å²) in [6, 6.07) is 10.4. The molecule has 0 fully saturated rings. The number of hydrogen-bond acceptors (Lipinski definition) is 5. The third-order valence-corrected chi connectivity index (χ3v) is 4.21. The van der Waals surface area contributed by atoms with E-state index in [1.165, 1.54) is 6.21 Å². The minimum atomic E-state index is -3.60. The fraction of sp³-hybridized carbons (Fsp3) is 0.188. The number of nitrogens with zero attached hydrogens (tertiary/aromatic N) is 3. The Kier molecular flexibility index (Phi) is 5.64. The van der Waals surface area contributed by atoms with Gasteiger partial charge in [-0.25, -0.2) is 13.8 Å². The zero-order valence-corrected chi connectivity index (χ0v) is 14.2. The van der Waals surface area contributed by atoms with Gasteiger partial charge in [-0.1, -0.05) is 18.2 Å². The summed E-state index contributed by atoms with van der Waals surface area (Å²) in [7, 11) is -3.60. The molecule has 0 spiro atoms. The van der Waals surface area contributed by atoms with Crippen LogP contribution in [0.1, 0.15) is 11.1 Å². The highest BCUT2D eigenvalue weighted by molar-refractivity contribution is 7.92. The molecule has 0 radical (unpaired) electrons. The predicted octanol–water partition coefficient (Wildman–Crippen LogP) is 1.31. The van der Waals surface area contributed by atoms with Gasteiger partial charge in [0.05, 0.1) is 18.2 Å². The van der Waals surface area contributed by atoms with E-state index in [2.05, 4.69) is 15.5 Å². The predicted molar refractivity (Wildman–Crippen MR) is 93.3 cm³/mol. The van der Waals surface area contributed by atoms with Crippen molar-refractivity contribution in [2.45, 2.75) is 6.92 Å². The van der Waals surface area contributed by atoms with Crippen LogP contribution in [0.15, 0.2) is 53.9 Å². The summed E-state index contributed by atoms with van der Waals surface area (Å²) in [4.78, 5) is 15.9. The number of anilines is 1. The number of carbonyl (C=O) groups excluding carboxylic acids is 1. The van der Waals surface area contributed by atoms with Crippen LogP contribution < -0.4 is 9.73 Å². The molecule has 0 saturated heterocycles. The van der Waals surface area contributed by atoms with Crippen molar-refractivity contribution in [3.63, 3.8) is 0 Å². The van der Waals surface area contributed by atoms with Crippen molar-refractivity contribution in [1.82, 2.24) is 10.4 Å². The zero-order chi connectivity index (χ0) is 17.6. The summed E-state index contributed by atoms with van der Waals surface area (Å²) in [6.07, 6.45) is 5.71. The lowest BCUT2D eigenvalue weighted by Gasteiger charge is -2.21. The lowest BCUT2D eigenvalue weighted by atomic mass is 10.2. The van der Waals surface area contributed by atoms with Crippen LogP contribution in [-0.2, 0) is 14.8 Å². The zero-order valence-electron chi connectivity index (χ0n) is 13.4. The number of nitrogens with one attached hydrogen (secondary N) is 1. The SMILES string of the molecule is Cc1cccc(N(CC(=O)N/N=C\c2cccnc2)S(C)(=O)=O)c1. The Labute approximate surface area is 141 Å². The van der Waals surface area contributed by atoms with E-state index in [0.29, 0.717) is 5.69 Å². The molecule has 1 aromatic carbocycles. The Hall–Kier alpha value is -2.74. The summed E-state index contributed by atoms with van der Waals surface area (Å²) >= 11 is 0. The van der Waals surface area contributed by atoms with Gasteiger partial charge in [0.2, 0.25) is 10.0 Å². The number of benzene rings is 1. The quantitative estimate of drug-likeness (QED) is 0.630. The molecule has 0 bridgehead atoms. The Morgan fingerprint density at radius 3 is 2.75 bits per heavy atom. The fourth-order valence-electron chi connectivity index (χ4n) is 1.98. The Morgan fingerprint density at radius 2 is 2.12 bits per heavy atom. The van der Waals surface area contributed by atoms with Crippen molar-refractivity contribution in [3.05, 3.63) is 59.9 Å². The minimum Gasteiger partial charge on any atom is -0.271 e. The summed E-state index contributed by atoms with van der Waals surface area (Å²) in [6.45, 7) is 1.49. The number of sulfonamides is 1. The van der Waals surface area contributed by atoms with Crippen LogP contribution >= 0.6 is 0 Å². The van der Waals surface area contributed by atoms with Gasteiger partial charge < -0.3 is 0 Å². The molecular weight excluding hydrogens is 328 g/mol. The maximum Gasteiger partial charge on any atom is 0.260 e. The van der Waals surface area contributed by atoms with Gasteiger partial charge in [-0.3, -0.25) is 14.1 Å². The standard InChI is InChI=1S/C16H18N4O3S/c1-13-5-3-7-15(9-13)20(24(2,22)23)12-16(21)19-18-11-14-6-4-8-17-10-14/h3-11H,12H2,1-2H3,(H,19,21)/b18-11-. The molecule has 0 saturated carbocycles. The molecule has 8 heteroatoms. The molecule has 1 amide bonds. The Bertz CT molecular complexity index is 835. The summed E-state index contributed by atoms with van der Waals surface area (Å²) < 4.78 is 25.0. The molecule has 0 aliphatic carbocycles. The molecule has 7 nitrogen and oxygen atoms in total. The van der Waals surface area contributed by atoms with Gasteiger partial charge in [-0.15, -0.1) is 0 Å². The van der Waals surface area contributed by atoms with Gasteiger partial charge in [0.1, 0.15) is 6.54 Å². The van der Waals surface area contributed by atoms with Crippen LogP contribution in [0.5, 0.6) is 0 Å². The third kappa shape index (κ3) is 5.17. The minimum absolute atomic E-state index is 0.354. The first-order valence-corrected chi connectivity index (χ1v) is 8.97. The summed E-state index contributed by atoms with van der Waals surface area (Å²) in [5.74, 6) is -0.540. The van der Waals surface area contributed by atoms with Crippen molar-refractivity contribution in [3.8, 4) is 0 Å². The second-order valence-corrected chi connectivity index (χ2v) is 7.09. The van der Waals surface area contributed by atoms with Crippen molar-refractivity contribution in [1.29, 1.82) is 0 Å². The van der Waals surface area contributed by atoms with Crippen molar-refractivity contribution < 1.29 is 13.2 Å². The van der Waals surface area contributed by atoms with Crippen LogP contribution in [0, 0.1) is 6.92 Å². The molecule has 2 rings (SSSR count). The highest BCUT2D eigenvalue weighted by Crippen LogP contribution is 2.18. The summed E-state index contributed by atoms with van der Waals surface area (Å²) in [5.41, 5.74) is 4.37. The maximum absolute atomic E-state index is 12.0. The molecule has 1 N–H and O–H groups in total. The number of pyridine rings is 1. The van der Waals surface area contributed by atoms with E-state index in [0.717, 1.165) is 21.7 Å². The second-order valence-electron chi connectivity index (χ2n) is 5.19. The second kappa shape index (κ2) is 7.69. The number of hydrazone groups is 1. The first kappa shape index (κ1) is 17.6.